The Bertz CT molecular complexity index is 452. The van der Waals surface area contributed by atoms with Gasteiger partial charge in [0.2, 0.25) is 0 Å². The molecule has 2 aromatic heterocycles. The second-order valence-electron chi connectivity index (χ2n) is 2.68. The highest BCUT2D eigenvalue weighted by atomic mass is 35.5. The Morgan fingerprint density at radius 2 is 2.29 bits per heavy atom. The summed E-state index contributed by atoms with van der Waals surface area (Å²) in [4.78, 5) is 15.7. The van der Waals surface area contributed by atoms with Crippen LogP contribution in [0, 0.1) is 0 Å². The van der Waals surface area contributed by atoms with Crippen LogP contribution in [0.15, 0.2) is 36.0 Å². The third-order valence-corrected chi connectivity index (χ3v) is 2.96. The minimum absolute atomic E-state index is 0.0793. The van der Waals surface area contributed by atoms with Gasteiger partial charge in [0.25, 0.3) is 0 Å². The van der Waals surface area contributed by atoms with Crippen LogP contribution in [0.4, 0.5) is 0 Å². The van der Waals surface area contributed by atoms with Crippen LogP contribution < -0.4 is 0 Å². The molecule has 2 heterocycles. The SMILES string of the molecule is O=C(c1cccnc1)c1ccsc1Cl. The van der Waals surface area contributed by atoms with Gasteiger partial charge in [-0.3, -0.25) is 9.78 Å². The van der Waals surface area contributed by atoms with E-state index in [9.17, 15) is 4.79 Å². The first-order valence-corrected chi connectivity index (χ1v) is 5.22. The lowest BCUT2D eigenvalue weighted by atomic mass is 10.1. The molecular formula is C10H6ClNOS. The predicted molar refractivity (Wildman–Crippen MR) is 57.0 cm³/mol. The molecule has 0 fully saturated rings. The van der Waals surface area contributed by atoms with Crippen LogP contribution >= 0.6 is 22.9 Å². The predicted octanol–water partition coefficient (Wildman–Crippen LogP) is 3.03. The van der Waals surface area contributed by atoms with E-state index in [0.717, 1.165) is 0 Å². The minimum atomic E-state index is -0.0793. The first kappa shape index (κ1) is 9.37. The fraction of sp³-hybridized carbons (Fsp3) is 0. The molecule has 0 unspecified atom stereocenters. The van der Waals surface area contributed by atoms with Crippen LogP contribution in [0.25, 0.3) is 0 Å². The van der Waals surface area contributed by atoms with Gasteiger partial charge >= 0.3 is 0 Å². The van der Waals surface area contributed by atoms with E-state index in [2.05, 4.69) is 4.98 Å². The number of hydrogen-bond acceptors (Lipinski definition) is 3. The number of pyridine rings is 1. The van der Waals surface area contributed by atoms with Gasteiger partial charge in [0.05, 0.1) is 5.56 Å². The van der Waals surface area contributed by atoms with E-state index in [4.69, 9.17) is 11.6 Å². The van der Waals surface area contributed by atoms with Crippen molar-refractivity contribution in [3.05, 3.63) is 51.4 Å². The van der Waals surface area contributed by atoms with E-state index in [1.165, 1.54) is 17.5 Å². The summed E-state index contributed by atoms with van der Waals surface area (Å²) < 4.78 is 0.527. The van der Waals surface area contributed by atoms with Crippen LogP contribution in [-0.2, 0) is 0 Å². The lowest BCUT2D eigenvalue weighted by Gasteiger charge is -1.97. The maximum Gasteiger partial charge on any atom is 0.196 e. The minimum Gasteiger partial charge on any atom is -0.288 e. The smallest absolute Gasteiger partial charge is 0.196 e. The first-order chi connectivity index (χ1) is 6.79. The number of carbonyl (C=O) groups is 1. The summed E-state index contributed by atoms with van der Waals surface area (Å²) >= 11 is 7.21. The van der Waals surface area contributed by atoms with Crippen LogP contribution in [0.5, 0.6) is 0 Å². The van der Waals surface area contributed by atoms with Crippen LogP contribution in [0.1, 0.15) is 15.9 Å². The van der Waals surface area contributed by atoms with Crippen molar-refractivity contribution >= 4 is 28.7 Å². The third kappa shape index (κ3) is 1.69. The highest BCUT2D eigenvalue weighted by Gasteiger charge is 2.13. The average molecular weight is 224 g/mol. The summed E-state index contributed by atoms with van der Waals surface area (Å²) in [5.41, 5.74) is 1.11. The Morgan fingerprint density at radius 3 is 2.86 bits per heavy atom. The summed E-state index contributed by atoms with van der Waals surface area (Å²) in [6, 6.07) is 5.18. The van der Waals surface area contributed by atoms with Gasteiger partial charge < -0.3 is 0 Å². The van der Waals surface area contributed by atoms with Crippen molar-refractivity contribution in [2.75, 3.05) is 0 Å². The molecule has 0 amide bonds. The number of ketones is 1. The number of thiophene rings is 1. The molecule has 0 saturated heterocycles. The van der Waals surface area contributed by atoms with Gasteiger partial charge in [0, 0.05) is 18.0 Å². The van der Waals surface area contributed by atoms with Gasteiger partial charge in [-0.25, -0.2) is 0 Å². The molecule has 0 N–H and O–H groups in total. The molecule has 0 spiro atoms. The molecule has 0 aliphatic heterocycles. The van der Waals surface area contributed by atoms with Crippen molar-refractivity contribution in [2.24, 2.45) is 0 Å². The molecule has 0 saturated carbocycles. The first-order valence-electron chi connectivity index (χ1n) is 3.97. The van der Waals surface area contributed by atoms with Gasteiger partial charge in [-0.2, -0.15) is 0 Å². The maximum atomic E-state index is 11.8. The van der Waals surface area contributed by atoms with E-state index in [1.54, 1.807) is 29.8 Å². The van der Waals surface area contributed by atoms with Gasteiger partial charge in [-0.15, -0.1) is 11.3 Å². The van der Waals surface area contributed by atoms with Gasteiger partial charge in [0.15, 0.2) is 5.78 Å². The summed E-state index contributed by atoms with van der Waals surface area (Å²) in [5.74, 6) is -0.0793. The monoisotopic (exact) mass is 223 g/mol. The molecule has 0 aromatic carbocycles. The number of hydrogen-bond donors (Lipinski definition) is 0. The fourth-order valence-corrected chi connectivity index (χ4v) is 2.02. The van der Waals surface area contributed by atoms with Gasteiger partial charge in [-0.05, 0) is 23.6 Å². The van der Waals surface area contributed by atoms with Crippen molar-refractivity contribution in [2.45, 2.75) is 0 Å². The van der Waals surface area contributed by atoms with Crippen LogP contribution in [0.2, 0.25) is 4.34 Å². The van der Waals surface area contributed by atoms with Crippen LogP contribution in [-0.4, -0.2) is 10.8 Å². The maximum absolute atomic E-state index is 11.8. The normalized spacial score (nSPS) is 10.1. The van der Waals surface area contributed by atoms with Gasteiger partial charge in [0.1, 0.15) is 4.34 Å². The van der Waals surface area contributed by atoms with Crippen molar-refractivity contribution in [1.82, 2.24) is 4.98 Å². The lowest BCUT2D eigenvalue weighted by molar-refractivity contribution is 0.103. The van der Waals surface area contributed by atoms with Crippen LogP contribution in [0.3, 0.4) is 0 Å². The molecule has 4 heteroatoms. The molecule has 0 bridgehead atoms. The highest BCUT2D eigenvalue weighted by Crippen LogP contribution is 2.24. The Labute approximate surface area is 90.2 Å². The molecular weight excluding hydrogens is 218 g/mol. The average Bonchev–Trinajstić information content (AvgIpc) is 2.65. The molecule has 0 radical (unpaired) electrons. The van der Waals surface area contributed by atoms with Crippen molar-refractivity contribution in [1.29, 1.82) is 0 Å². The molecule has 0 aliphatic rings. The zero-order valence-electron chi connectivity index (χ0n) is 7.11. The zero-order chi connectivity index (χ0) is 9.97. The third-order valence-electron chi connectivity index (χ3n) is 1.79. The summed E-state index contributed by atoms with van der Waals surface area (Å²) in [6.07, 6.45) is 3.17. The quantitative estimate of drug-likeness (QED) is 0.733. The second kappa shape index (κ2) is 3.90. The molecule has 0 atom stereocenters. The largest absolute Gasteiger partial charge is 0.288 e. The fourth-order valence-electron chi connectivity index (χ4n) is 1.11. The molecule has 70 valence electrons. The van der Waals surface area contributed by atoms with Crippen molar-refractivity contribution in [3.63, 3.8) is 0 Å². The number of aromatic nitrogens is 1. The number of halogens is 1. The van der Waals surface area contributed by atoms with Crippen molar-refractivity contribution in [3.8, 4) is 0 Å². The Morgan fingerprint density at radius 1 is 1.43 bits per heavy atom. The van der Waals surface area contributed by atoms with Crippen molar-refractivity contribution < 1.29 is 4.79 Å². The topological polar surface area (TPSA) is 30.0 Å². The van der Waals surface area contributed by atoms with E-state index in [1.807, 2.05) is 0 Å². The number of rotatable bonds is 2. The van der Waals surface area contributed by atoms with E-state index in [0.29, 0.717) is 15.5 Å². The molecule has 2 aromatic rings. The van der Waals surface area contributed by atoms with E-state index in [-0.39, 0.29) is 5.78 Å². The summed E-state index contributed by atoms with van der Waals surface area (Å²) in [7, 11) is 0. The Kier molecular flexibility index (Phi) is 2.61. The summed E-state index contributed by atoms with van der Waals surface area (Å²) in [5, 5.41) is 1.80. The number of nitrogens with zero attached hydrogens (tertiary/aromatic N) is 1. The zero-order valence-corrected chi connectivity index (χ0v) is 8.68. The Balaban J connectivity index is 2.39. The van der Waals surface area contributed by atoms with E-state index >= 15 is 0 Å². The second-order valence-corrected chi connectivity index (χ2v) is 4.20. The molecule has 2 nitrogen and oxygen atoms in total. The lowest BCUT2D eigenvalue weighted by Crippen LogP contribution is -2.00. The molecule has 0 aliphatic carbocycles. The highest BCUT2D eigenvalue weighted by molar-refractivity contribution is 7.14. The summed E-state index contributed by atoms with van der Waals surface area (Å²) in [6.45, 7) is 0. The molecule has 14 heavy (non-hydrogen) atoms. The number of carbonyl (C=O) groups excluding carboxylic acids is 1. The van der Waals surface area contributed by atoms with Gasteiger partial charge in [-0.1, -0.05) is 11.6 Å². The van der Waals surface area contributed by atoms with E-state index < -0.39 is 0 Å². The standard InChI is InChI=1S/C10H6ClNOS/c11-10-8(3-5-14-10)9(13)7-2-1-4-12-6-7/h1-6H. The Hall–Kier alpha value is -1.19. The molecule has 2 rings (SSSR count).